The van der Waals surface area contributed by atoms with E-state index in [1.807, 2.05) is 29.6 Å². The van der Waals surface area contributed by atoms with Gasteiger partial charge in [0.25, 0.3) is 5.91 Å². The van der Waals surface area contributed by atoms with Gasteiger partial charge in [0.2, 0.25) is 0 Å². The number of benzene rings is 1. The Morgan fingerprint density at radius 1 is 1.11 bits per heavy atom. The number of amides is 1. The Bertz CT molecular complexity index is 757. The Labute approximate surface area is 170 Å². The van der Waals surface area contributed by atoms with E-state index in [1.54, 1.807) is 12.1 Å². The van der Waals surface area contributed by atoms with Crippen molar-refractivity contribution in [3.63, 3.8) is 0 Å². The van der Waals surface area contributed by atoms with Gasteiger partial charge in [-0.05, 0) is 73.9 Å². The lowest BCUT2D eigenvalue weighted by molar-refractivity contribution is 0.0892. The van der Waals surface area contributed by atoms with Crippen molar-refractivity contribution in [2.45, 2.75) is 31.7 Å². The number of nitrogens with one attached hydrogen (secondary N) is 1. The van der Waals surface area contributed by atoms with Crippen molar-refractivity contribution in [2.24, 2.45) is 5.92 Å². The Morgan fingerprint density at radius 2 is 1.89 bits per heavy atom. The zero-order valence-electron chi connectivity index (χ0n) is 16.1. The van der Waals surface area contributed by atoms with Crippen molar-refractivity contribution in [3.05, 3.63) is 52.5 Å². The minimum Gasteiger partial charge on any atom is -0.371 e. The lowest BCUT2D eigenvalue weighted by atomic mass is 9.93. The number of thiophene rings is 1. The van der Waals surface area contributed by atoms with Crippen LogP contribution in [-0.4, -0.2) is 49.6 Å². The molecule has 2 aromatic rings. The first kappa shape index (κ1) is 19.4. The number of anilines is 1. The maximum absolute atomic E-state index is 13.1. The molecule has 0 radical (unpaired) electrons. The van der Waals surface area contributed by atoms with Crippen molar-refractivity contribution in [2.75, 3.05) is 37.6 Å². The summed E-state index contributed by atoms with van der Waals surface area (Å²) < 4.78 is 13.1. The molecule has 0 bridgehead atoms. The molecule has 1 aromatic heterocycles. The van der Waals surface area contributed by atoms with Gasteiger partial charge in [0.15, 0.2) is 0 Å². The molecule has 4 rings (SSSR count). The number of likely N-dealkylation sites (tertiary alicyclic amines) is 1. The van der Waals surface area contributed by atoms with Gasteiger partial charge < -0.3 is 10.2 Å². The number of nitrogens with zero attached hydrogens (tertiary/aromatic N) is 2. The molecule has 3 heterocycles. The van der Waals surface area contributed by atoms with Gasteiger partial charge in [-0.15, -0.1) is 11.3 Å². The lowest BCUT2D eigenvalue weighted by Crippen LogP contribution is -2.50. The van der Waals surface area contributed by atoms with Gasteiger partial charge in [-0.3, -0.25) is 9.69 Å². The highest BCUT2D eigenvalue weighted by Gasteiger charge is 2.29. The molecule has 2 aliphatic heterocycles. The van der Waals surface area contributed by atoms with Crippen LogP contribution < -0.4 is 10.2 Å². The second-order valence-corrected chi connectivity index (χ2v) is 8.83. The average molecular weight is 402 g/mol. The maximum Gasteiger partial charge on any atom is 0.261 e. The number of carbonyl (C=O) groups excluding carboxylic acids is 1. The van der Waals surface area contributed by atoms with E-state index in [0.29, 0.717) is 12.0 Å². The fraction of sp³-hybridized carbons (Fsp3) is 0.500. The highest BCUT2D eigenvalue weighted by Crippen LogP contribution is 2.26. The first-order chi connectivity index (χ1) is 13.7. The van der Waals surface area contributed by atoms with Crippen LogP contribution in [-0.2, 0) is 0 Å². The third-order valence-electron chi connectivity index (χ3n) is 6.02. The molecule has 0 aliphatic carbocycles. The minimum absolute atomic E-state index is 0.0553. The topological polar surface area (TPSA) is 35.6 Å². The molecule has 2 fully saturated rings. The molecule has 1 unspecified atom stereocenters. The molecule has 1 aromatic carbocycles. The minimum atomic E-state index is -0.177. The number of halogens is 1. The molecule has 1 atom stereocenters. The summed E-state index contributed by atoms with van der Waals surface area (Å²) in [7, 11) is 0. The van der Waals surface area contributed by atoms with E-state index in [9.17, 15) is 9.18 Å². The lowest BCUT2D eigenvalue weighted by Gasteiger charge is -2.43. The van der Waals surface area contributed by atoms with Gasteiger partial charge in [-0.2, -0.15) is 0 Å². The van der Waals surface area contributed by atoms with Crippen molar-refractivity contribution >= 4 is 22.9 Å². The van der Waals surface area contributed by atoms with Gasteiger partial charge >= 0.3 is 0 Å². The molecule has 150 valence electrons. The van der Waals surface area contributed by atoms with E-state index in [1.165, 1.54) is 24.2 Å². The van der Waals surface area contributed by atoms with Crippen LogP contribution in [0.15, 0.2) is 41.8 Å². The number of hydrogen-bond acceptors (Lipinski definition) is 4. The number of hydrogen-bond donors (Lipinski definition) is 1. The predicted molar refractivity (Wildman–Crippen MR) is 113 cm³/mol. The molecular weight excluding hydrogens is 373 g/mol. The van der Waals surface area contributed by atoms with Crippen LogP contribution in [0.25, 0.3) is 0 Å². The first-order valence-electron chi connectivity index (χ1n) is 10.3. The van der Waals surface area contributed by atoms with Crippen molar-refractivity contribution < 1.29 is 9.18 Å². The fourth-order valence-corrected chi connectivity index (χ4v) is 5.11. The van der Waals surface area contributed by atoms with E-state index < -0.39 is 0 Å². The fourth-order valence-electron chi connectivity index (χ4n) is 4.47. The third kappa shape index (κ3) is 4.73. The van der Waals surface area contributed by atoms with E-state index >= 15 is 0 Å². The summed E-state index contributed by atoms with van der Waals surface area (Å²) in [4.78, 5) is 18.0. The second kappa shape index (κ2) is 9.05. The van der Waals surface area contributed by atoms with E-state index in [2.05, 4.69) is 15.1 Å². The van der Waals surface area contributed by atoms with Crippen LogP contribution in [0.3, 0.4) is 0 Å². The van der Waals surface area contributed by atoms with Gasteiger partial charge in [-0.25, -0.2) is 4.39 Å². The van der Waals surface area contributed by atoms with Gasteiger partial charge in [0.1, 0.15) is 5.82 Å². The normalized spacial score (nSPS) is 21.6. The molecule has 0 spiro atoms. The van der Waals surface area contributed by atoms with Crippen LogP contribution in [0.4, 0.5) is 10.1 Å². The molecule has 2 aliphatic rings. The second-order valence-electron chi connectivity index (χ2n) is 7.89. The summed E-state index contributed by atoms with van der Waals surface area (Å²) in [5, 5.41) is 5.06. The summed E-state index contributed by atoms with van der Waals surface area (Å²) in [6.45, 7) is 5.04. The predicted octanol–water partition coefficient (Wildman–Crippen LogP) is 4.00. The van der Waals surface area contributed by atoms with Crippen LogP contribution in [0.5, 0.6) is 0 Å². The Kier molecular flexibility index (Phi) is 6.27. The third-order valence-corrected chi connectivity index (χ3v) is 6.89. The van der Waals surface area contributed by atoms with Crippen LogP contribution >= 0.6 is 11.3 Å². The monoisotopic (exact) mass is 401 g/mol. The van der Waals surface area contributed by atoms with E-state index in [0.717, 1.165) is 56.1 Å². The Hall–Kier alpha value is -1.92. The summed E-state index contributed by atoms with van der Waals surface area (Å²) in [6, 6.07) is 11.3. The zero-order valence-corrected chi connectivity index (χ0v) is 17.0. The molecule has 1 N–H and O–H groups in total. The van der Waals surface area contributed by atoms with Crippen LogP contribution in [0.1, 0.15) is 35.4 Å². The highest BCUT2D eigenvalue weighted by molar-refractivity contribution is 7.12. The smallest absolute Gasteiger partial charge is 0.261 e. The molecule has 28 heavy (non-hydrogen) atoms. The van der Waals surface area contributed by atoms with Crippen LogP contribution in [0, 0.1) is 11.7 Å². The zero-order chi connectivity index (χ0) is 19.3. The van der Waals surface area contributed by atoms with E-state index in [4.69, 9.17) is 0 Å². The van der Waals surface area contributed by atoms with Crippen molar-refractivity contribution in [3.8, 4) is 0 Å². The number of piperidine rings is 2. The van der Waals surface area contributed by atoms with Gasteiger partial charge in [-0.1, -0.05) is 6.07 Å². The summed E-state index contributed by atoms with van der Waals surface area (Å²) in [5.41, 5.74) is 1.12. The maximum atomic E-state index is 13.1. The Morgan fingerprint density at radius 3 is 2.61 bits per heavy atom. The van der Waals surface area contributed by atoms with Crippen molar-refractivity contribution in [1.29, 1.82) is 0 Å². The van der Waals surface area contributed by atoms with Gasteiger partial charge in [0.05, 0.1) is 4.88 Å². The number of carbonyl (C=O) groups is 1. The summed E-state index contributed by atoms with van der Waals surface area (Å²) in [5.74, 6) is 0.414. The molecular formula is C22H28FN3OS. The van der Waals surface area contributed by atoms with Crippen LogP contribution in [0.2, 0.25) is 0 Å². The molecule has 1 amide bonds. The van der Waals surface area contributed by atoms with Crippen molar-refractivity contribution in [1.82, 2.24) is 10.2 Å². The quantitative estimate of drug-likeness (QED) is 0.823. The molecule has 2 saturated heterocycles. The molecule has 0 saturated carbocycles. The highest BCUT2D eigenvalue weighted by atomic mass is 32.1. The number of rotatable bonds is 5. The SMILES string of the molecule is O=C(NCC1CCCN(C2CCN(c3ccc(F)cc3)CC2)C1)c1cccs1. The Balaban J connectivity index is 1.24. The summed E-state index contributed by atoms with van der Waals surface area (Å²) >= 11 is 1.49. The first-order valence-corrected chi connectivity index (χ1v) is 11.1. The average Bonchev–Trinajstić information content (AvgIpc) is 3.28. The molecule has 4 nitrogen and oxygen atoms in total. The molecule has 6 heteroatoms. The summed E-state index contributed by atoms with van der Waals surface area (Å²) in [6.07, 6.45) is 4.69. The standard InChI is InChI=1S/C22H28FN3OS/c23-18-5-7-19(8-6-18)25-12-9-20(10-13-25)26-11-1-3-17(16-26)15-24-22(27)21-4-2-14-28-21/h2,4-8,14,17,20H,1,3,9-13,15-16H2,(H,24,27). The largest absolute Gasteiger partial charge is 0.371 e. The van der Waals surface area contributed by atoms with E-state index in [-0.39, 0.29) is 11.7 Å². The van der Waals surface area contributed by atoms with Gasteiger partial charge in [0, 0.05) is 37.9 Å².